The van der Waals surface area contributed by atoms with Crippen LogP contribution in [0.25, 0.3) is 0 Å². The van der Waals surface area contributed by atoms with E-state index in [9.17, 15) is 14.4 Å². The molecule has 0 aromatic heterocycles. The Morgan fingerprint density at radius 3 is 2.54 bits per heavy atom. The van der Waals surface area contributed by atoms with E-state index in [0.717, 1.165) is 4.90 Å². The summed E-state index contributed by atoms with van der Waals surface area (Å²) >= 11 is 6.26. The number of nitrogens with one attached hydrogen (secondary N) is 2. The van der Waals surface area contributed by atoms with Crippen molar-refractivity contribution in [2.45, 2.75) is 32.4 Å². The largest absolute Gasteiger partial charge is 0.491 e. The maximum Gasteiger partial charge on any atom is 0.325 e. The molecule has 0 saturated carbocycles. The summed E-state index contributed by atoms with van der Waals surface area (Å²) in [4.78, 5) is 40.6. The van der Waals surface area contributed by atoms with Crippen molar-refractivity contribution in [3.05, 3.63) is 58.6 Å². The van der Waals surface area contributed by atoms with Gasteiger partial charge in [-0.05, 0) is 41.8 Å². The molecule has 4 amide bonds. The molecule has 3 atom stereocenters. The van der Waals surface area contributed by atoms with Gasteiger partial charge >= 0.3 is 6.03 Å². The molecule has 2 aromatic carbocycles. The number of anilines is 1. The van der Waals surface area contributed by atoms with Crippen molar-refractivity contribution in [1.82, 2.24) is 10.2 Å². The maximum absolute atomic E-state index is 13.3. The second-order valence-corrected chi connectivity index (χ2v) is 8.57. The fourth-order valence-electron chi connectivity index (χ4n) is 3.75. The Kier molecular flexibility index (Phi) is 8.74. The van der Waals surface area contributed by atoms with Gasteiger partial charge in [0.05, 0.1) is 17.3 Å². The average Bonchev–Trinajstić information content (AvgIpc) is 3.14. The molecule has 2 aromatic rings. The van der Waals surface area contributed by atoms with E-state index in [0.29, 0.717) is 42.2 Å². The summed E-state index contributed by atoms with van der Waals surface area (Å²) < 4.78 is 10.5. The molecule has 1 aliphatic rings. The van der Waals surface area contributed by atoms with Gasteiger partial charge in [-0.3, -0.25) is 9.59 Å². The number of hydrogen-bond acceptors (Lipinski definition) is 5. The van der Waals surface area contributed by atoms with Crippen molar-refractivity contribution in [2.75, 3.05) is 25.6 Å². The van der Waals surface area contributed by atoms with Crippen molar-refractivity contribution in [3.8, 4) is 18.1 Å². The van der Waals surface area contributed by atoms with E-state index in [4.69, 9.17) is 27.5 Å². The Labute approximate surface area is 209 Å². The Bertz CT molecular complexity index is 1130. The summed E-state index contributed by atoms with van der Waals surface area (Å²) in [6.45, 7) is 4.54. The Morgan fingerprint density at radius 2 is 1.94 bits per heavy atom. The van der Waals surface area contributed by atoms with Crippen LogP contribution in [0.15, 0.2) is 42.5 Å². The number of nitrogens with zero attached hydrogens (tertiary/aromatic N) is 1. The summed E-state index contributed by atoms with van der Waals surface area (Å²) in [7, 11) is 1.59. The molecule has 9 heteroatoms. The molecule has 1 aliphatic heterocycles. The normalized spacial score (nSPS) is 16.9. The van der Waals surface area contributed by atoms with Gasteiger partial charge in [0.15, 0.2) is 0 Å². The van der Waals surface area contributed by atoms with Gasteiger partial charge in [-0.25, -0.2) is 9.69 Å². The van der Waals surface area contributed by atoms with Crippen LogP contribution >= 0.6 is 11.6 Å². The second kappa shape index (κ2) is 11.7. The number of methoxy groups -OCH3 is 1. The molecule has 0 bridgehead atoms. The minimum atomic E-state index is -1.03. The highest BCUT2D eigenvalue weighted by Crippen LogP contribution is 2.30. The number of halogens is 1. The number of rotatable bonds is 10. The van der Waals surface area contributed by atoms with Gasteiger partial charge in [-0.1, -0.05) is 49.9 Å². The van der Waals surface area contributed by atoms with E-state index in [-0.39, 0.29) is 10.9 Å². The van der Waals surface area contributed by atoms with E-state index in [2.05, 4.69) is 16.6 Å². The van der Waals surface area contributed by atoms with Crippen molar-refractivity contribution in [2.24, 2.45) is 5.92 Å². The molecule has 0 aliphatic carbocycles. The summed E-state index contributed by atoms with van der Waals surface area (Å²) in [6, 6.07) is 9.07. The summed E-state index contributed by atoms with van der Waals surface area (Å²) in [5, 5.41) is 5.70. The topological polar surface area (TPSA) is 97.0 Å². The first kappa shape index (κ1) is 26.1. The third kappa shape index (κ3) is 5.94. The molecule has 0 unspecified atom stereocenters. The van der Waals surface area contributed by atoms with Crippen LogP contribution in [0, 0.1) is 18.3 Å². The lowest BCUT2D eigenvalue weighted by molar-refractivity contribution is -0.135. The number of carbonyl (C=O) groups is 3. The van der Waals surface area contributed by atoms with Crippen LogP contribution in [0.4, 0.5) is 10.5 Å². The first-order valence-corrected chi connectivity index (χ1v) is 11.6. The molecule has 35 heavy (non-hydrogen) atoms. The van der Waals surface area contributed by atoms with Gasteiger partial charge < -0.3 is 20.1 Å². The fourth-order valence-corrected chi connectivity index (χ4v) is 3.98. The fraction of sp³-hybridized carbons (Fsp3) is 0.346. The lowest BCUT2D eigenvalue weighted by Gasteiger charge is -2.29. The number of carbonyl (C=O) groups excluding carboxylic acids is 3. The van der Waals surface area contributed by atoms with Crippen LogP contribution in [0.2, 0.25) is 5.02 Å². The standard InChI is InChI=1S/C26H28ClN3O5/c1-5-16(3)23(24(31)28-21-12-7-17(6-2)15-20(21)27)30-25(32)22(29-26(30)33)18-8-10-19(11-9-18)35-14-13-34-4/h2,7-12,15-16,22-23H,5,13-14H2,1,3-4H3,(H,28,31)(H,29,33)/t16-,22+,23-/m0/s1. The third-order valence-corrected chi connectivity index (χ3v) is 6.18. The highest BCUT2D eigenvalue weighted by atomic mass is 35.5. The van der Waals surface area contributed by atoms with E-state index < -0.39 is 29.9 Å². The third-order valence-electron chi connectivity index (χ3n) is 5.86. The van der Waals surface area contributed by atoms with E-state index in [1.165, 1.54) is 0 Å². The van der Waals surface area contributed by atoms with Gasteiger partial charge in [-0.15, -0.1) is 6.42 Å². The highest BCUT2D eigenvalue weighted by molar-refractivity contribution is 6.34. The number of imide groups is 1. The molecular weight excluding hydrogens is 470 g/mol. The molecule has 8 nitrogen and oxygen atoms in total. The number of amides is 4. The smallest absolute Gasteiger partial charge is 0.325 e. The monoisotopic (exact) mass is 497 g/mol. The molecule has 3 rings (SSSR count). The first-order chi connectivity index (χ1) is 16.8. The van der Waals surface area contributed by atoms with Crippen LogP contribution < -0.4 is 15.4 Å². The van der Waals surface area contributed by atoms with Crippen molar-refractivity contribution in [3.63, 3.8) is 0 Å². The van der Waals surface area contributed by atoms with Gasteiger partial charge in [0.25, 0.3) is 5.91 Å². The van der Waals surface area contributed by atoms with Crippen molar-refractivity contribution in [1.29, 1.82) is 0 Å². The number of hydrogen-bond donors (Lipinski definition) is 2. The van der Waals surface area contributed by atoms with Gasteiger partial charge in [0, 0.05) is 12.7 Å². The minimum absolute atomic E-state index is 0.264. The molecule has 2 N–H and O–H groups in total. The minimum Gasteiger partial charge on any atom is -0.491 e. The molecule has 1 fully saturated rings. The number of ether oxygens (including phenoxy) is 2. The number of benzene rings is 2. The zero-order chi connectivity index (χ0) is 25.5. The predicted molar refractivity (Wildman–Crippen MR) is 133 cm³/mol. The summed E-state index contributed by atoms with van der Waals surface area (Å²) in [5.74, 6) is 1.77. The van der Waals surface area contributed by atoms with Crippen molar-refractivity contribution >= 4 is 35.1 Å². The molecular formula is C26H28ClN3O5. The molecule has 184 valence electrons. The number of terminal acetylenes is 1. The Morgan fingerprint density at radius 1 is 1.23 bits per heavy atom. The van der Waals surface area contributed by atoms with Gasteiger partial charge in [0.1, 0.15) is 24.4 Å². The lowest BCUT2D eigenvalue weighted by Crippen LogP contribution is -2.51. The summed E-state index contributed by atoms with van der Waals surface area (Å²) in [6.07, 6.45) is 5.96. The Balaban J connectivity index is 1.80. The van der Waals surface area contributed by atoms with E-state index in [1.54, 1.807) is 49.6 Å². The molecule has 0 spiro atoms. The number of urea groups is 1. The average molecular weight is 498 g/mol. The van der Waals surface area contributed by atoms with Crippen LogP contribution in [0.5, 0.6) is 5.75 Å². The van der Waals surface area contributed by atoms with Crippen molar-refractivity contribution < 1.29 is 23.9 Å². The SMILES string of the molecule is C#Cc1ccc(NC(=O)[C@H]([C@@H](C)CC)N2C(=O)N[C@H](c3ccc(OCCOC)cc3)C2=O)c(Cl)c1. The van der Waals surface area contributed by atoms with Gasteiger partial charge in [0.2, 0.25) is 5.91 Å². The second-order valence-electron chi connectivity index (χ2n) is 8.16. The first-order valence-electron chi connectivity index (χ1n) is 11.2. The lowest BCUT2D eigenvalue weighted by atomic mass is 9.96. The quantitative estimate of drug-likeness (QED) is 0.294. The Hall–Kier alpha value is -3.54. The van der Waals surface area contributed by atoms with Gasteiger partial charge in [-0.2, -0.15) is 0 Å². The maximum atomic E-state index is 13.3. The molecule has 1 saturated heterocycles. The van der Waals surface area contributed by atoms with E-state index >= 15 is 0 Å². The van der Waals surface area contributed by atoms with Crippen LogP contribution in [-0.4, -0.2) is 49.1 Å². The molecule has 0 radical (unpaired) electrons. The highest BCUT2D eigenvalue weighted by Gasteiger charge is 2.46. The van der Waals surface area contributed by atoms with E-state index in [1.807, 2.05) is 13.8 Å². The zero-order valence-electron chi connectivity index (χ0n) is 19.8. The van der Waals surface area contributed by atoms with Crippen LogP contribution in [-0.2, 0) is 14.3 Å². The predicted octanol–water partition coefficient (Wildman–Crippen LogP) is 3.99. The molecule has 1 heterocycles. The summed E-state index contributed by atoms with van der Waals surface area (Å²) in [5.41, 5.74) is 1.50. The zero-order valence-corrected chi connectivity index (χ0v) is 20.6. The van der Waals surface area contributed by atoms with Crippen LogP contribution in [0.1, 0.15) is 37.4 Å². The van der Waals surface area contributed by atoms with Crippen LogP contribution in [0.3, 0.4) is 0 Å².